The lowest BCUT2D eigenvalue weighted by Crippen LogP contribution is -2.48. The predicted molar refractivity (Wildman–Crippen MR) is 134 cm³/mol. The first-order valence-corrected chi connectivity index (χ1v) is 13.5. The Morgan fingerprint density at radius 2 is 1.69 bits per heavy atom. The van der Waals surface area contributed by atoms with E-state index in [9.17, 15) is 18.0 Å². The lowest BCUT2D eigenvalue weighted by molar-refractivity contribution is -0.140. The van der Waals surface area contributed by atoms with Gasteiger partial charge in [-0.3, -0.25) is 9.59 Å². The van der Waals surface area contributed by atoms with Gasteiger partial charge in [-0.15, -0.1) is 0 Å². The summed E-state index contributed by atoms with van der Waals surface area (Å²) >= 11 is 0. The summed E-state index contributed by atoms with van der Waals surface area (Å²) < 4.78 is 32.0. The van der Waals surface area contributed by atoms with Gasteiger partial charge in [0.05, 0.1) is 11.5 Å². The molecule has 9 heteroatoms. The first-order chi connectivity index (χ1) is 16.8. The highest BCUT2D eigenvalue weighted by Gasteiger charge is 2.28. The summed E-state index contributed by atoms with van der Waals surface area (Å²) in [7, 11) is -1.90. The van der Waals surface area contributed by atoms with Crippen molar-refractivity contribution in [2.24, 2.45) is 0 Å². The zero-order valence-electron chi connectivity index (χ0n) is 20.5. The Labute approximate surface area is 208 Å². The standard InChI is InChI=1S/C26H35N3O5S/c1-21(26(31)27-16-19-34-2)29(20-23-8-4-3-5-9-23)25(30)15-12-22-10-13-24(14-11-22)35(32,33)28-17-6-7-18-28/h3-5,8-11,13-14,21H,6-7,12,15-20H2,1-2H3,(H,27,31). The molecule has 1 fully saturated rings. The molecule has 2 amide bonds. The topological polar surface area (TPSA) is 96.0 Å². The Balaban J connectivity index is 1.65. The van der Waals surface area contributed by atoms with Crippen molar-refractivity contribution in [3.63, 3.8) is 0 Å². The van der Waals surface area contributed by atoms with Crippen molar-refractivity contribution in [2.75, 3.05) is 33.4 Å². The van der Waals surface area contributed by atoms with Gasteiger partial charge in [0.25, 0.3) is 0 Å². The number of sulfonamides is 1. The van der Waals surface area contributed by atoms with Crippen LogP contribution < -0.4 is 5.32 Å². The van der Waals surface area contributed by atoms with Crippen molar-refractivity contribution in [3.05, 3.63) is 65.7 Å². The Morgan fingerprint density at radius 3 is 2.31 bits per heavy atom. The molecular weight excluding hydrogens is 466 g/mol. The Morgan fingerprint density at radius 1 is 1.03 bits per heavy atom. The third-order valence-electron chi connectivity index (χ3n) is 6.22. The summed E-state index contributed by atoms with van der Waals surface area (Å²) in [6, 6.07) is 15.7. The molecule has 1 N–H and O–H groups in total. The molecule has 1 aliphatic heterocycles. The summed E-state index contributed by atoms with van der Waals surface area (Å²) in [5, 5.41) is 2.80. The number of ether oxygens (including phenoxy) is 1. The minimum atomic E-state index is -3.46. The second kappa shape index (κ2) is 12.8. The van der Waals surface area contributed by atoms with E-state index in [1.54, 1.807) is 43.2 Å². The minimum Gasteiger partial charge on any atom is -0.383 e. The molecule has 3 rings (SSSR count). The zero-order valence-corrected chi connectivity index (χ0v) is 21.3. The quantitative estimate of drug-likeness (QED) is 0.451. The number of aryl methyl sites for hydroxylation is 1. The van der Waals surface area contributed by atoms with Crippen LogP contribution in [-0.2, 0) is 37.3 Å². The van der Waals surface area contributed by atoms with Crippen LogP contribution in [0.1, 0.15) is 37.3 Å². The molecule has 8 nitrogen and oxygen atoms in total. The third kappa shape index (κ3) is 7.37. The molecule has 1 aliphatic rings. The van der Waals surface area contributed by atoms with E-state index in [1.165, 1.54) is 4.31 Å². The van der Waals surface area contributed by atoms with Gasteiger partial charge in [-0.2, -0.15) is 4.31 Å². The first kappa shape index (κ1) is 26.8. The molecule has 0 bridgehead atoms. The van der Waals surface area contributed by atoms with Gasteiger partial charge in [-0.1, -0.05) is 42.5 Å². The number of carbonyl (C=O) groups is 2. The highest BCUT2D eigenvalue weighted by Crippen LogP contribution is 2.21. The fourth-order valence-electron chi connectivity index (χ4n) is 4.09. The molecule has 0 aromatic heterocycles. The number of nitrogens with one attached hydrogen (secondary N) is 1. The lowest BCUT2D eigenvalue weighted by atomic mass is 10.1. The summed E-state index contributed by atoms with van der Waals surface area (Å²) in [5.41, 5.74) is 1.81. The molecule has 0 radical (unpaired) electrons. The van der Waals surface area contributed by atoms with Gasteiger partial charge in [0.1, 0.15) is 6.04 Å². The van der Waals surface area contributed by atoms with Crippen LogP contribution >= 0.6 is 0 Å². The maximum Gasteiger partial charge on any atom is 0.243 e. The van der Waals surface area contributed by atoms with Crippen LogP contribution in [0.2, 0.25) is 0 Å². The number of nitrogens with zero attached hydrogens (tertiary/aromatic N) is 2. The van der Waals surface area contributed by atoms with Gasteiger partial charge in [0.15, 0.2) is 0 Å². The van der Waals surface area contributed by atoms with Gasteiger partial charge < -0.3 is 15.0 Å². The van der Waals surface area contributed by atoms with Crippen LogP contribution in [-0.4, -0.2) is 68.8 Å². The van der Waals surface area contributed by atoms with Crippen molar-refractivity contribution in [1.29, 1.82) is 0 Å². The van der Waals surface area contributed by atoms with E-state index in [-0.39, 0.29) is 23.1 Å². The molecule has 0 spiro atoms. The molecule has 2 aromatic rings. The van der Waals surface area contributed by atoms with Crippen molar-refractivity contribution in [2.45, 2.75) is 50.1 Å². The molecule has 1 unspecified atom stereocenters. The molecule has 1 atom stereocenters. The number of hydrogen-bond donors (Lipinski definition) is 1. The van der Waals surface area contributed by atoms with Crippen molar-refractivity contribution in [3.8, 4) is 0 Å². The molecular formula is C26H35N3O5S. The highest BCUT2D eigenvalue weighted by atomic mass is 32.2. The fourth-order valence-corrected chi connectivity index (χ4v) is 5.60. The van der Waals surface area contributed by atoms with Gasteiger partial charge in [0, 0.05) is 39.7 Å². The number of hydrogen-bond acceptors (Lipinski definition) is 5. The van der Waals surface area contributed by atoms with Crippen molar-refractivity contribution < 1.29 is 22.7 Å². The Kier molecular flexibility index (Phi) is 9.83. The van der Waals surface area contributed by atoms with Crippen LogP contribution in [0.3, 0.4) is 0 Å². The summed E-state index contributed by atoms with van der Waals surface area (Å²) in [6.07, 6.45) is 2.44. The predicted octanol–water partition coefficient (Wildman–Crippen LogP) is 2.58. The number of rotatable bonds is 12. The normalized spacial score (nSPS) is 15.0. The average Bonchev–Trinajstić information content (AvgIpc) is 3.42. The molecule has 35 heavy (non-hydrogen) atoms. The molecule has 1 saturated heterocycles. The SMILES string of the molecule is COCCNC(=O)C(C)N(Cc1ccccc1)C(=O)CCc1ccc(S(=O)(=O)N2CCCC2)cc1. The van der Waals surface area contributed by atoms with Crippen LogP contribution in [0.15, 0.2) is 59.5 Å². The van der Waals surface area contributed by atoms with Crippen LogP contribution in [0, 0.1) is 0 Å². The second-order valence-electron chi connectivity index (χ2n) is 8.72. The fraction of sp³-hybridized carbons (Fsp3) is 0.462. The second-order valence-corrected chi connectivity index (χ2v) is 10.7. The van der Waals surface area contributed by atoms with E-state index in [0.717, 1.165) is 24.0 Å². The van der Waals surface area contributed by atoms with Gasteiger partial charge in [0.2, 0.25) is 21.8 Å². The lowest BCUT2D eigenvalue weighted by Gasteiger charge is -2.29. The highest BCUT2D eigenvalue weighted by molar-refractivity contribution is 7.89. The van der Waals surface area contributed by atoms with Gasteiger partial charge in [-0.25, -0.2) is 8.42 Å². The van der Waals surface area contributed by atoms with Crippen molar-refractivity contribution >= 4 is 21.8 Å². The van der Waals surface area contributed by atoms with Gasteiger partial charge in [-0.05, 0) is 49.4 Å². The first-order valence-electron chi connectivity index (χ1n) is 12.0. The molecule has 190 valence electrons. The van der Waals surface area contributed by atoms with Crippen LogP contribution in [0.5, 0.6) is 0 Å². The summed E-state index contributed by atoms with van der Waals surface area (Å²) in [5.74, 6) is -0.375. The van der Waals surface area contributed by atoms with Gasteiger partial charge >= 0.3 is 0 Å². The molecule has 0 saturated carbocycles. The number of benzene rings is 2. The molecule has 2 aromatic carbocycles. The minimum absolute atomic E-state index is 0.142. The van der Waals surface area contributed by atoms with E-state index in [0.29, 0.717) is 39.2 Å². The van der Waals surface area contributed by atoms with E-state index in [2.05, 4.69) is 5.32 Å². The Hall–Kier alpha value is -2.75. The zero-order chi connectivity index (χ0) is 25.3. The molecule has 0 aliphatic carbocycles. The Bertz CT molecular complexity index is 1070. The summed E-state index contributed by atoms with van der Waals surface area (Å²) in [4.78, 5) is 27.7. The number of methoxy groups -OCH3 is 1. The monoisotopic (exact) mass is 501 g/mol. The van der Waals surface area contributed by atoms with E-state index < -0.39 is 16.1 Å². The van der Waals surface area contributed by atoms with Crippen molar-refractivity contribution in [1.82, 2.24) is 14.5 Å². The van der Waals surface area contributed by atoms with Crippen LogP contribution in [0.25, 0.3) is 0 Å². The molecule has 1 heterocycles. The maximum atomic E-state index is 13.2. The average molecular weight is 502 g/mol. The van der Waals surface area contributed by atoms with E-state index in [1.807, 2.05) is 30.3 Å². The summed E-state index contributed by atoms with van der Waals surface area (Å²) in [6.45, 7) is 3.95. The number of amides is 2. The van der Waals surface area contributed by atoms with E-state index >= 15 is 0 Å². The van der Waals surface area contributed by atoms with E-state index in [4.69, 9.17) is 4.74 Å². The smallest absolute Gasteiger partial charge is 0.243 e. The third-order valence-corrected chi connectivity index (χ3v) is 8.14. The van der Waals surface area contributed by atoms with Crippen LogP contribution in [0.4, 0.5) is 0 Å². The largest absolute Gasteiger partial charge is 0.383 e. The number of carbonyl (C=O) groups excluding carboxylic acids is 2. The maximum absolute atomic E-state index is 13.2.